The van der Waals surface area contributed by atoms with Crippen molar-refractivity contribution in [2.24, 2.45) is 0 Å². The highest BCUT2D eigenvalue weighted by Gasteiger charge is 2.41. The number of aryl methyl sites for hydroxylation is 1. The van der Waals surface area contributed by atoms with E-state index >= 15 is 0 Å². The highest BCUT2D eigenvalue weighted by atomic mass is 32.2. The summed E-state index contributed by atoms with van der Waals surface area (Å²) >= 11 is 0. The molecular formula is C37H39F6N7O7S. The van der Waals surface area contributed by atoms with Gasteiger partial charge in [-0.15, -0.1) is 0 Å². The Balaban J connectivity index is 1.15. The van der Waals surface area contributed by atoms with E-state index in [0.717, 1.165) is 11.8 Å². The van der Waals surface area contributed by atoms with E-state index in [4.69, 9.17) is 13.7 Å². The van der Waals surface area contributed by atoms with Gasteiger partial charge in [0.15, 0.2) is 0 Å². The first-order valence-corrected chi connectivity index (χ1v) is 19.4. The molecule has 6 rings (SSSR count). The highest BCUT2D eigenvalue weighted by molar-refractivity contribution is 7.86. The third kappa shape index (κ3) is 10.0. The molecule has 2 fully saturated rings. The van der Waals surface area contributed by atoms with Gasteiger partial charge in [-0.1, -0.05) is 29.8 Å². The highest BCUT2D eigenvalue weighted by Crippen LogP contribution is 2.33. The van der Waals surface area contributed by atoms with Crippen molar-refractivity contribution >= 4 is 27.7 Å². The maximum atomic E-state index is 14.5. The number of amides is 1. The SMILES string of the molecule is COc1ccc(Cn2ncc(NC(COC3CCN(C4CCN(c5ncc(C(F)(F)F)cn5)CC4)C3=O)COS(=O)(=O)c3ccc(C)cc3)c(C(F)(F)F)c2=O)cc1. The molecule has 0 aliphatic carbocycles. The summed E-state index contributed by atoms with van der Waals surface area (Å²) in [7, 11) is -2.96. The van der Waals surface area contributed by atoms with Crippen LogP contribution in [0.3, 0.4) is 0 Å². The van der Waals surface area contributed by atoms with Crippen LogP contribution >= 0.6 is 0 Å². The van der Waals surface area contributed by atoms with Crippen LogP contribution in [0.4, 0.5) is 38.0 Å². The smallest absolute Gasteiger partial charge is 0.423 e. The monoisotopic (exact) mass is 839 g/mol. The number of piperidine rings is 1. The fraction of sp³-hybridized carbons (Fsp3) is 0.432. The van der Waals surface area contributed by atoms with Crippen molar-refractivity contribution in [1.82, 2.24) is 24.6 Å². The van der Waals surface area contributed by atoms with E-state index in [2.05, 4.69) is 20.4 Å². The number of aromatic nitrogens is 4. The van der Waals surface area contributed by atoms with Crippen LogP contribution < -0.4 is 20.5 Å². The van der Waals surface area contributed by atoms with Crippen LogP contribution in [0.1, 0.15) is 41.5 Å². The summed E-state index contributed by atoms with van der Waals surface area (Å²) in [4.78, 5) is 37.6. The molecule has 2 atom stereocenters. The first-order chi connectivity index (χ1) is 27.4. The summed E-state index contributed by atoms with van der Waals surface area (Å²) in [6.45, 7) is 1.20. The predicted octanol–water partition coefficient (Wildman–Crippen LogP) is 4.91. The molecule has 312 valence electrons. The summed E-state index contributed by atoms with van der Waals surface area (Å²) in [5.74, 6) is 0.237. The van der Waals surface area contributed by atoms with E-state index < -0.39 is 76.1 Å². The first kappa shape index (κ1) is 42.3. The molecule has 4 heterocycles. The number of hydrogen-bond donors (Lipinski definition) is 1. The number of alkyl halides is 6. The molecule has 21 heteroatoms. The van der Waals surface area contributed by atoms with Crippen molar-refractivity contribution < 1.29 is 53.2 Å². The second kappa shape index (κ2) is 17.3. The minimum Gasteiger partial charge on any atom is -0.497 e. The predicted molar refractivity (Wildman–Crippen MR) is 196 cm³/mol. The second-order valence-electron chi connectivity index (χ2n) is 13.8. The molecule has 0 saturated carbocycles. The Morgan fingerprint density at radius 1 is 0.862 bits per heavy atom. The van der Waals surface area contributed by atoms with Crippen molar-refractivity contribution in [2.75, 3.05) is 50.2 Å². The number of carbonyl (C=O) groups is 1. The molecule has 2 unspecified atom stereocenters. The van der Waals surface area contributed by atoms with E-state index in [1.165, 1.54) is 19.2 Å². The molecule has 4 aromatic rings. The van der Waals surface area contributed by atoms with Gasteiger partial charge in [-0.25, -0.2) is 14.6 Å². The molecule has 14 nitrogen and oxygen atoms in total. The maximum Gasteiger partial charge on any atom is 0.423 e. The molecule has 2 aromatic heterocycles. The lowest BCUT2D eigenvalue weighted by Crippen LogP contribution is -2.47. The Morgan fingerprint density at radius 3 is 2.12 bits per heavy atom. The molecule has 0 radical (unpaired) electrons. The molecule has 0 bridgehead atoms. The molecule has 2 aliphatic heterocycles. The Morgan fingerprint density at radius 2 is 1.52 bits per heavy atom. The quantitative estimate of drug-likeness (QED) is 0.135. The lowest BCUT2D eigenvalue weighted by molar-refractivity contribution is -0.140. The number of nitrogens with one attached hydrogen (secondary N) is 1. The van der Waals surface area contributed by atoms with Gasteiger partial charge in [0.2, 0.25) is 5.95 Å². The first-order valence-electron chi connectivity index (χ1n) is 18.0. The van der Waals surface area contributed by atoms with Gasteiger partial charge in [0.05, 0.1) is 55.3 Å². The van der Waals surface area contributed by atoms with E-state index in [-0.39, 0.29) is 36.4 Å². The molecule has 2 aliphatic rings. The number of benzene rings is 2. The number of anilines is 2. The average molecular weight is 840 g/mol. The molecule has 2 saturated heterocycles. The fourth-order valence-corrected chi connectivity index (χ4v) is 7.57. The van der Waals surface area contributed by atoms with Crippen LogP contribution in [-0.2, 0) is 42.7 Å². The van der Waals surface area contributed by atoms with Gasteiger partial charge in [0, 0.05) is 44.5 Å². The molecule has 0 spiro atoms. The van der Waals surface area contributed by atoms with Gasteiger partial charge in [-0.2, -0.15) is 39.9 Å². The Hall–Kier alpha value is -5.28. The van der Waals surface area contributed by atoms with Gasteiger partial charge in [-0.05, 0) is 49.6 Å². The molecule has 58 heavy (non-hydrogen) atoms. The van der Waals surface area contributed by atoms with Crippen molar-refractivity contribution in [3.63, 3.8) is 0 Å². The van der Waals surface area contributed by atoms with Gasteiger partial charge >= 0.3 is 12.4 Å². The summed E-state index contributed by atoms with van der Waals surface area (Å²) in [6.07, 6.45) is -7.42. The topological polar surface area (TPSA) is 158 Å². The Labute approximate surface area is 328 Å². The van der Waals surface area contributed by atoms with Crippen LogP contribution in [0.25, 0.3) is 0 Å². The number of likely N-dealkylation sites (tertiary alicyclic amines) is 1. The van der Waals surface area contributed by atoms with Crippen molar-refractivity contribution in [3.05, 3.63) is 99.7 Å². The minimum atomic E-state index is -5.17. The van der Waals surface area contributed by atoms with Gasteiger partial charge in [-0.3, -0.25) is 13.8 Å². The van der Waals surface area contributed by atoms with E-state index in [1.807, 2.05) is 0 Å². The summed E-state index contributed by atoms with van der Waals surface area (Å²) in [5, 5.41) is 6.50. The van der Waals surface area contributed by atoms with Crippen LogP contribution in [-0.4, -0.2) is 97.1 Å². The largest absolute Gasteiger partial charge is 0.497 e. The standard InChI is InChI=1S/C37H39F6N7O7S/c1-23-3-9-29(10-4-23)58(53,54)57-22-26(47-30-19-46-50(34(52)32(30)37(41,42)43)20-24-5-7-28(55-2)8-6-24)21-56-31-13-16-49(33(31)51)27-11-14-48(15-12-27)35-44-17-25(18-45-35)36(38,39)40/h3-10,17-19,26-27,31,47H,11-16,20-22H2,1-2H3. The third-order valence-corrected chi connectivity index (χ3v) is 11.1. The van der Waals surface area contributed by atoms with E-state index in [0.29, 0.717) is 54.3 Å². The molecule has 2 aromatic carbocycles. The summed E-state index contributed by atoms with van der Waals surface area (Å²) in [6, 6.07) is 10.4. The van der Waals surface area contributed by atoms with Crippen molar-refractivity contribution in [3.8, 4) is 5.75 Å². The van der Waals surface area contributed by atoms with Crippen LogP contribution in [0.15, 0.2) is 76.8 Å². The second-order valence-corrected chi connectivity index (χ2v) is 15.4. The number of rotatable bonds is 14. The zero-order valence-corrected chi connectivity index (χ0v) is 32.0. The number of ether oxygens (including phenoxy) is 2. The van der Waals surface area contributed by atoms with Crippen LogP contribution in [0.5, 0.6) is 5.75 Å². The molecule has 1 N–H and O–H groups in total. The average Bonchev–Trinajstić information content (AvgIpc) is 3.56. The zero-order valence-electron chi connectivity index (χ0n) is 31.2. The maximum absolute atomic E-state index is 14.5. The Bertz CT molecular complexity index is 2220. The number of nitrogens with zero attached hydrogens (tertiary/aromatic N) is 6. The number of hydrogen-bond acceptors (Lipinski definition) is 12. The van der Waals surface area contributed by atoms with Crippen LogP contribution in [0, 0.1) is 6.92 Å². The third-order valence-electron chi connectivity index (χ3n) is 9.76. The summed E-state index contributed by atoms with van der Waals surface area (Å²) < 4.78 is 126. The van der Waals surface area contributed by atoms with Crippen LogP contribution in [0.2, 0.25) is 0 Å². The molecule has 1 amide bonds. The minimum absolute atomic E-state index is 0.129. The zero-order chi connectivity index (χ0) is 41.8. The lowest BCUT2D eigenvalue weighted by Gasteiger charge is -2.36. The number of methoxy groups -OCH3 is 1. The number of carbonyl (C=O) groups excluding carboxylic acids is 1. The number of halogens is 6. The summed E-state index contributed by atoms with van der Waals surface area (Å²) in [5.41, 5.74) is -3.52. The fourth-order valence-electron chi connectivity index (χ4n) is 6.62. The van der Waals surface area contributed by atoms with Gasteiger partial charge in [0.25, 0.3) is 21.6 Å². The molecular weight excluding hydrogens is 801 g/mol. The Kier molecular flexibility index (Phi) is 12.6. The van der Waals surface area contributed by atoms with Gasteiger partial charge in [0.1, 0.15) is 17.4 Å². The van der Waals surface area contributed by atoms with Gasteiger partial charge < -0.3 is 24.6 Å². The van der Waals surface area contributed by atoms with Crippen molar-refractivity contribution in [1.29, 1.82) is 0 Å². The normalized spacial score (nSPS) is 17.4. The van der Waals surface area contributed by atoms with E-state index in [1.54, 1.807) is 53.1 Å². The van der Waals surface area contributed by atoms with E-state index in [9.17, 15) is 44.3 Å². The lowest BCUT2D eigenvalue weighted by atomic mass is 10.0. The van der Waals surface area contributed by atoms with Crippen molar-refractivity contribution in [2.45, 2.75) is 68.2 Å².